The number of furan rings is 1. The van der Waals surface area contributed by atoms with Crippen molar-refractivity contribution in [2.45, 2.75) is 6.92 Å². The number of hydrogen-bond acceptors (Lipinski definition) is 6. The van der Waals surface area contributed by atoms with Gasteiger partial charge in [-0.05, 0) is 42.8 Å². The van der Waals surface area contributed by atoms with Gasteiger partial charge in [0.25, 0.3) is 5.91 Å². The molecule has 0 radical (unpaired) electrons. The van der Waals surface area contributed by atoms with Gasteiger partial charge in [-0.1, -0.05) is 6.07 Å². The van der Waals surface area contributed by atoms with Crippen molar-refractivity contribution in [3.05, 3.63) is 64.1 Å². The number of nitro benzene ring substituents is 1. The van der Waals surface area contributed by atoms with Gasteiger partial charge in [-0.3, -0.25) is 14.9 Å². The summed E-state index contributed by atoms with van der Waals surface area (Å²) in [5.41, 5.74) is 2.79. The second-order valence-electron chi connectivity index (χ2n) is 4.70. The maximum Gasteiger partial charge on any atom is 0.311 e. The molecular weight excluding hydrogens is 314 g/mol. The van der Waals surface area contributed by atoms with Crippen LogP contribution in [0.1, 0.15) is 11.3 Å². The van der Waals surface area contributed by atoms with E-state index in [0.717, 1.165) is 5.56 Å². The Hall–Kier alpha value is -3.42. The van der Waals surface area contributed by atoms with Crippen LogP contribution in [0.15, 0.2) is 52.2 Å². The molecule has 1 aromatic heterocycles. The first-order valence-corrected chi connectivity index (χ1v) is 6.96. The Kier molecular flexibility index (Phi) is 5.84. The molecule has 1 heterocycles. The van der Waals surface area contributed by atoms with Gasteiger partial charge in [0.1, 0.15) is 5.76 Å². The first-order valence-electron chi connectivity index (χ1n) is 6.96. The highest BCUT2D eigenvalue weighted by Gasteiger charge is 2.16. The van der Waals surface area contributed by atoms with E-state index in [0.29, 0.717) is 5.76 Å². The van der Waals surface area contributed by atoms with Crippen LogP contribution in [-0.4, -0.2) is 23.7 Å². The van der Waals surface area contributed by atoms with Crippen molar-refractivity contribution in [1.29, 1.82) is 0 Å². The van der Waals surface area contributed by atoms with E-state index >= 15 is 0 Å². The van der Waals surface area contributed by atoms with Crippen LogP contribution >= 0.6 is 0 Å². The monoisotopic (exact) mass is 329 g/mol. The summed E-state index contributed by atoms with van der Waals surface area (Å²) in [4.78, 5) is 22.0. The number of nitro groups is 1. The fraction of sp³-hybridized carbons (Fsp3) is 0.125. The van der Waals surface area contributed by atoms with E-state index in [2.05, 4.69) is 10.5 Å². The molecular formula is C16H15N3O5. The summed E-state index contributed by atoms with van der Waals surface area (Å²) in [7, 11) is 0. The summed E-state index contributed by atoms with van der Waals surface area (Å²) < 4.78 is 10.2. The van der Waals surface area contributed by atoms with Gasteiger partial charge in [-0.15, -0.1) is 0 Å². The Bertz CT molecular complexity index is 766. The van der Waals surface area contributed by atoms with Crippen molar-refractivity contribution in [2.75, 3.05) is 6.61 Å². The summed E-state index contributed by atoms with van der Waals surface area (Å²) in [5.74, 6) is 0.151. The quantitative estimate of drug-likeness (QED) is 0.477. The lowest BCUT2D eigenvalue weighted by molar-refractivity contribution is -0.385. The lowest BCUT2D eigenvalue weighted by atomic mass is 10.2. The first kappa shape index (κ1) is 16.9. The minimum atomic E-state index is -0.558. The summed E-state index contributed by atoms with van der Waals surface area (Å²) in [6, 6.07) is 8.02. The molecule has 8 heteroatoms. The first-order chi connectivity index (χ1) is 11.6. The number of nitrogens with zero attached hydrogens (tertiary/aromatic N) is 2. The average Bonchev–Trinajstić information content (AvgIpc) is 3.06. The van der Waals surface area contributed by atoms with Crippen LogP contribution in [0.4, 0.5) is 5.69 Å². The largest absolute Gasteiger partial charge is 0.477 e. The van der Waals surface area contributed by atoms with Gasteiger partial charge in [0.15, 0.2) is 12.4 Å². The van der Waals surface area contributed by atoms with Gasteiger partial charge >= 0.3 is 5.69 Å². The highest BCUT2D eigenvalue weighted by atomic mass is 16.6. The van der Waals surface area contributed by atoms with Crippen LogP contribution in [0.5, 0.6) is 5.75 Å². The van der Waals surface area contributed by atoms with Crippen molar-refractivity contribution in [1.82, 2.24) is 5.43 Å². The molecule has 0 aliphatic rings. The topological polar surface area (TPSA) is 107 Å². The molecule has 2 rings (SSSR count). The Morgan fingerprint density at radius 2 is 2.29 bits per heavy atom. The molecule has 1 aromatic carbocycles. The van der Waals surface area contributed by atoms with Gasteiger partial charge < -0.3 is 9.15 Å². The number of benzene rings is 1. The molecule has 1 N–H and O–H groups in total. The van der Waals surface area contributed by atoms with Crippen LogP contribution < -0.4 is 10.2 Å². The molecule has 0 spiro atoms. The van der Waals surface area contributed by atoms with Crippen LogP contribution in [0, 0.1) is 17.0 Å². The molecule has 2 aromatic rings. The summed E-state index contributed by atoms with van der Waals surface area (Å²) in [6.45, 7) is 1.34. The normalized spacial score (nSPS) is 11.0. The molecule has 0 saturated carbocycles. The van der Waals surface area contributed by atoms with Crippen molar-refractivity contribution in [2.24, 2.45) is 5.10 Å². The lowest BCUT2D eigenvalue weighted by Crippen LogP contribution is -2.24. The maximum absolute atomic E-state index is 11.6. The SMILES string of the molecule is Cc1ccc(OCC(=O)N/N=C/C=C/c2ccco2)c([N+](=O)[O-])c1. The molecule has 24 heavy (non-hydrogen) atoms. The van der Waals surface area contributed by atoms with E-state index in [1.54, 1.807) is 43.5 Å². The van der Waals surface area contributed by atoms with E-state index < -0.39 is 10.8 Å². The standard InChI is InChI=1S/C16H15N3O5/c1-12-6-7-15(14(10-12)19(21)22)24-11-16(20)18-17-8-2-4-13-5-3-9-23-13/h2-10H,11H2,1H3,(H,18,20)/b4-2+,17-8+. The number of aryl methyl sites for hydroxylation is 1. The van der Waals surface area contributed by atoms with Gasteiger partial charge in [0, 0.05) is 12.3 Å². The molecule has 0 bridgehead atoms. The van der Waals surface area contributed by atoms with E-state index in [4.69, 9.17) is 9.15 Å². The summed E-state index contributed by atoms with van der Waals surface area (Å²) in [5, 5.41) is 14.6. The maximum atomic E-state index is 11.6. The number of nitrogens with one attached hydrogen (secondary N) is 1. The van der Waals surface area contributed by atoms with Crippen LogP contribution in [-0.2, 0) is 4.79 Å². The number of allylic oxidation sites excluding steroid dienone is 1. The minimum absolute atomic E-state index is 0.0300. The second-order valence-corrected chi connectivity index (χ2v) is 4.70. The summed E-state index contributed by atoms with van der Waals surface area (Å²) >= 11 is 0. The van der Waals surface area contributed by atoms with Crippen molar-refractivity contribution in [3.63, 3.8) is 0 Å². The van der Waals surface area contributed by atoms with Crippen molar-refractivity contribution in [3.8, 4) is 5.75 Å². The number of hydrazone groups is 1. The highest BCUT2D eigenvalue weighted by Crippen LogP contribution is 2.27. The van der Waals surface area contributed by atoms with Gasteiger partial charge in [-0.25, -0.2) is 5.43 Å². The van der Waals surface area contributed by atoms with Gasteiger partial charge in [-0.2, -0.15) is 5.10 Å². The van der Waals surface area contributed by atoms with E-state index in [1.807, 2.05) is 0 Å². The average molecular weight is 329 g/mol. The van der Waals surface area contributed by atoms with Gasteiger partial charge in [0.05, 0.1) is 11.2 Å². The second kappa shape index (κ2) is 8.28. The Labute approximate surface area is 137 Å². The third kappa shape index (κ3) is 5.09. The van der Waals surface area contributed by atoms with Crippen molar-refractivity contribution < 1.29 is 18.9 Å². The fourth-order valence-corrected chi connectivity index (χ4v) is 1.74. The molecule has 0 aliphatic heterocycles. The van der Waals surface area contributed by atoms with Gasteiger partial charge in [0.2, 0.25) is 0 Å². The minimum Gasteiger partial charge on any atom is -0.477 e. The molecule has 0 atom stereocenters. The predicted octanol–water partition coefficient (Wildman–Crippen LogP) is 2.69. The number of ether oxygens (including phenoxy) is 1. The molecule has 0 unspecified atom stereocenters. The molecule has 8 nitrogen and oxygen atoms in total. The molecule has 0 aliphatic carbocycles. The number of carbonyl (C=O) groups excluding carboxylic acids is 1. The Morgan fingerprint density at radius 1 is 1.46 bits per heavy atom. The number of hydrogen-bond donors (Lipinski definition) is 1. The van der Waals surface area contributed by atoms with E-state index in [-0.39, 0.29) is 18.0 Å². The molecule has 124 valence electrons. The zero-order valence-corrected chi connectivity index (χ0v) is 12.8. The number of amides is 1. The van der Waals surface area contributed by atoms with E-state index in [1.165, 1.54) is 18.3 Å². The smallest absolute Gasteiger partial charge is 0.311 e. The molecule has 0 saturated heterocycles. The lowest BCUT2D eigenvalue weighted by Gasteiger charge is -2.06. The van der Waals surface area contributed by atoms with E-state index in [9.17, 15) is 14.9 Å². The van der Waals surface area contributed by atoms with Crippen LogP contribution in [0.2, 0.25) is 0 Å². The van der Waals surface area contributed by atoms with Crippen molar-refractivity contribution >= 4 is 23.9 Å². The summed E-state index contributed by atoms with van der Waals surface area (Å²) in [6.07, 6.45) is 6.17. The molecule has 1 amide bonds. The Balaban J connectivity index is 1.82. The third-order valence-electron chi connectivity index (χ3n) is 2.82. The third-order valence-corrected chi connectivity index (χ3v) is 2.82. The fourth-order valence-electron chi connectivity index (χ4n) is 1.74. The zero-order valence-electron chi connectivity index (χ0n) is 12.8. The zero-order chi connectivity index (χ0) is 17.4. The van der Waals surface area contributed by atoms with Crippen LogP contribution in [0.3, 0.4) is 0 Å². The molecule has 0 fully saturated rings. The number of carbonyl (C=O) groups is 1. The number of rotatable bonds is 7. The van der Waals surface area contributed by atoms with Crippen LogP contribution in [0.25, 0.3) is 6.08 Å². The highest BCUT2D eigenvalue weighted by molar-refractivity contribution is 5.81. The Morgan fingerprint density at radius 3 is 3.00 bits per heavy atom. The predicted molar refractivity (Wildman–Crippen MR) is 87.7 cm³/mol.